The summed E-state index contributed by atoms with van der Waals surface area (Å²) in [6, 6.07) is 0. The number of methoxy groups -OCH3 is 3. The van der Waals surface area contributed by atoms with Crippen molar-refractivity contribution in [2.75, 3.05) is 34.7 Å². The lowest BCUT2D eigenvalue weighted by molar-refractivity contribution is -0.164. The van der Waals surface area contributed by atoms with Crippen LogP contribution >= 0.6 is 7.37 Å². The van der Waals surface area contributed by atoms with E-state index in [9.17, 15) is 18.9 Å². The van der Waals surface area contributed by atoms with E-state index in [0.29, 0.717) is 0 Å². The Labute approximate surface area is 117 Å². The van der Waals surface area contributed by atoms with E-state index in [1.54, 1.807) is 0 Å². The summed E-state index contributed by atoms with van der Waals surface area (Å²) in [6.07, 6.45) is -1.96. The molecule has 0 spiro atoms. The van der Waals surface area contributed by atoms with Crippen molar-refractivity contribution in [2.45, 2.75) is 12.5 Å². The van der Waals surface area contributed by atoms with Gasteiger partial charge in [-0.1, -0.05) is 0 Å². The van der Waals surface area contributed by atoms with Crippen molar-refractivity contribution in [3.63, 3.8) is 0 Å². The van der Waals surface area contributed by atoms with Crippen molar-refractivity contribution in [3.8, 4) is 0 Å². The van der Waals surface area contributed by atoms with E-state index in [-0.39, 0.29) is 0 Å². The quantitative estimate of drug-likeness (QED) is 0.379. The van der Waals surface area contributed by atoms with Gasteiger partial charge in [-0.3, -0.25) is 14.2 Å². The second kappa shape index (κ2) is 8.01. The van der Waals surface area contributed by atoms with Crippen molar-refractivity contribution in [2.24, 2.45) is 5.92 Å². The molecule has 0 aromatic rings. The predicted octanol–water partition coefficient (Wildman–Crippen LogP) is 0.435. The molecule has 116 valence electrons. The average Bonchev–Trinajstić information content (AvgIpc) is 2.39. The maximum Gasteiger partial charge on any atom is 0.336 e. The first-order valence-corrected chi connectivity index (χ1v) is 8.14. The van der Waals surface area contributed by atoms with E-state index < -0.39 is 43.7 Å². The number of hydrogen-bond donors (Lipinski definition) is 0. The number of esters is 3. The first kappa shape index (κ1) is 18.6. The summed E-state index contributed by atoms with van der Waals surface area (Å²) in [4.78, 5) is 34.7. The highest BCUT2D eigenvalue weighted by Crippen LogP contribution is 2.41. The third-order valence-electron chi connectivity index (χ3n) is 2.28. The Morgan fingerprint density at radius 3 is 1.80 bits per heavy atom. The maximum atomic E-state index is 11.7. The van der Waals surface area contributed by atoms with Gasteiger partial charge in [0.1, 0.15) is 5.92 Å². The molecule has 20 heavy (non-hydrogen) atoms. The molecular formula is C11H19O8P. The van der Waals surface area contributed by atoms with Crippen molar-refractivity contribution in [1.82, 2.24) is 0 Å². The number of ether oxygens (including phenoxy) is 3. The van der Waals surface area contributed by atoms with E-state index in [1.807, 2.05) is 0 Å². The minimum absolute atomic E-state index is 0.455. The largest absolute Gasteiger partial charge is 0.469 e. The van der Waals surface area contributed by atoms with Crippen LogP contribution in [0.4, 0.5) is 0 Å². The first-order chi connectivity index (χ1) is 9.16. The van der Waals surface area contributed by atoms with Crippen LogP contribution in [0.1, 0.15) is 6.42 Å². The van der Waals surface area contributed by atoms with Crippen molar-refractivity contribution in [1.29, 1.82) is 0 Å². The molecule has 0 aliphatic rings. The van der Waals surface area contributed by atoms with Crippen molar-refractivity contribution < 1.29 is 37.7 Å². The van der Waals surface area contributed by atoms with Crippen LogP contribution in [-0.2, 0) is 37.7 Å². The van der Waals surface area contributed by atoms with Crippen LogP contribution < -0.4 is 0 Å². The van der Waals surface area contributed by atoms with Gasteiger partial charge in [-0.25, -0.2) is 4.79 Å². The summed E-state index contributed by atoms with van der Waals surface area (Å²) >= 11 is 0. The molecule has 0 aromatic carbocycles. The van der Waals surface area contributed by atoms with Gasteiger partial charge < -0.3 is 18.7 Å². The molecule has 0 aliphatic carbocycles. The SMILES string of the molecule is COC(=O)CC(C(=O)OC)C(OP(C)(C)=O)C(=O)OC. The summed E-state index contributed by atoms with van der Waals surface area (Å²) < 4.78 is 30.3. The van der Waals surface area contributed by atoms with E-state index >= 15 is 0 Å². The minimum Gasteiger partial charge on any atom is -0.469 e. The second-order valence-electron chi connectivity index (χ2n) is 4.21. The summed E-state index contributed by atoms with van der Waals surface area (Å²) in [7, 11) is 0.209. The Hall–Kier alpha value is -1.40. The van der Waals surface area contributed by atoms with Crippen LogP contribution in [0.2, 0.25) is 0 Å². The van der Waals surface area contributed by atoms with Crippen LogP contribution in [0.15, 0.2) is 0 Å². The van der Waals surface area contributed by atoms with Gasteiger partial charge in [-0.2, -0.15) is 0 Å². The highest BCUT2D eigenvalue weighted by atomic mass is 31.2. The van der Waals surface area contributed by atoms with Gasteiger partial charge in [0, 0.05) is 13.3 Å². The molecule has 0 amide bonds. The molecule has 0 saturated carbocycles. The lowest BCUT2D eigenvalue weighted by Gasteiger charge is -2.24. The molecule has 0 heterocycles. The van der Waals surface area contributed by atoms with Crippen molar-refractivity contribution >= 4 is 25.3 Å². The van der Waals surface area contributed by atoms with Crippen LogP contribution in [0.25, 0.3) is 0 Å². The van der Waals surface area contributed by atoms with Gasteiger partial charge in [0.2, 0.25) is 0 Å². The fourth-order valence-electron chi connectivity index (χ4n) is 1.40. The summed E-state index contributed by atoms with van der Waals surface area (Å²) in [5, 5.41) is 0. The highest BCUT2D eigenvalue weighted by molar-refractivity contribution is 7.57. The van der Waals surface area contributed by atoms with E-state index in [2.05, 4.69) is 14.2 Å². The fourth-order valence-corrected chi connectivity index (χ4v) is 2.18. The summed E-state index contributed by atoms with van der Waals surface area (Å²) in [5.74, 6) is -3.82. The minimum atomic E-state index is -3.11. The van der Waals surface area contributed by atoms with Gasteiger partial charge in [0.05, 0.1) is 27.8 Å². The van der Waals surface area contributed by atoms with Crippen LogP contribution in [-0.4, -0.2) is 58.7 Å². The number of carbonyl (C=O) groups excluding carboxylic acids is 3. The zero-order valence-electron chi connectivity index (χ0n) is 12.1. The Kier molecular flexibility index (Phi) is 7.45. The van der Waals surface area contributed by atoms with E-state index in [0.717, 1.165) is 21.3 Å². The monoisotopic (exact) mass is 310 g/mol. The topological polar surface area (TPSA) is 105 Å². The Morgan fingerprint density at radius 1 is 0.950 bits per heavy atom. The molecule has 9 heteroatoms. The van der Waals surface area contributed by atoms with E-state index in [4.69, 9.17) is 4.52 Å². The van der Waals surface area contributed by atoms with Crippen LogP contribution in [0.5, 0.6) is 0 Å². The van der Waals surface area contributed by atoms with Gasteiger partial charge >= 0.3 is 17.9 Å². The molecule has 8 nitrogen and oxygen atoms in total. The molecule has 0 N–H and O–H groups in total. The highest BCUT2D eigenvalue weighted by Gasteiger charge is 2.40. The van der Waals surface area contributed by atoms with E-state index in [1.165, 1.54) is 13.3 Å². The molecule has 0 aromatic heterocycles. The third kappa shape index (κ3) is 6.16. The molecule has 2 atom stereocenters. The third-order valence-corrected chi connectivity index (χ3v) is 3.02. The molecule has 2 unspecified atom stereocenters. The molecule has 0 rings (SSSR count). The smallest absolute Gasteiger partial charge is 0.336 e. The molecule has 0 fully saturated rings. The van der Waals surface area contributed by atoms with Crippen LogP contribution in [0.3, 0.4) is 0 Å². The molecule has 0 radical (unpaired) electrons. The van der Waals surface area contributed by atoms with Crippen LogP contribution in [0, 0.1) is 5.92 Å². The molecule has 0 aliphatic heterocycles. The summed E-state index contributed by atoms with van der Waals surface area (Å²) in [5.41, 5.74) is 0. The molecule has 0 saturated heterocycles. The first-order valence-electron chi connectivity index (χ1n) is 5.62. The lowest BCUT2D eigenvalue weighted by Crippen LogP contribution is -2.39. The number of carbonyl (C=O) groups is 3. The fraction of sp³-hybridized carbons (Fsp3) is 0.727. The van der Waals surface area contributed by atoms with Gasteiger partial charge in [0.25, 0.3) is 0 Å². The normalized spacial score (nSPS) is 14.1. The maximum absolute atomic E-state index is 11.7. The Bertz CT molecular complexity index is 413. The predicted molar refractivity (Wildman–Crippen MR) is 68.5 cm³/mol. The standard InChI is InChI=1S/C11H19O8P/c1-16-8(12)6-7(10(13)17-2)9(11(14)18-3)19-20(4,5)15/h7,9H,6H2,1-5H3. The zero-order chi connectivity index (χ0) is 15.9. The lowest BCUT2D eigenvalue weighted by atomic mass is 9.99. The summed E-state index contributed by atoms with van der Waals surface area (Å²) in [6.45, 7) is 2.55. The number of rotatable bonds is 7. The zero-order valence-corrected chi connectivity index (χ0v) is 13.0. The number of hydrogen-bond acceptors (Lipinski definition) is 8. The Morgan fingerprint density at radius 2 is 1.45 bits per heavy atom. The average molecular weight is 310 g/mol. The molecule has 0 bridgehead atoms. The second-order valence-corrected chi connectivity index (χ2v) is 6.93. The van der Waals surface area contributed by atoms with Gasteiger partial charge in [-0.05, 0) is 0 Å². The Balaban J connectivity index is 5.38. The molecular weight excluding hydrogens is 291 g/mol. The van der Waals surface area contributed by atoms with Gasteiger partial charge in [0.15, 0.2) is 13.5 Å². The van der Waals surface area contributed by atoms with Crippen molar-refractivity contribution in [3.05, 3.63) is 0 Å². The van der Waals surface area contributed by atoms with Gasteiger partial charge in [-0.15, -0.1) is 0 Å².